The smallest absolute Gasteiger partial charge is 0.334 e. The Hall–Kier alpha value is -1.99. The summed E-state index contributed by atoms with van der Waals surface area (Å²) in [4.78, 5) is 36.4. The van der Waals surface area contributed by atoms with Crippen LogP contribution in [0, 0.1) is 23.7 Å². The van der Waals surface area contributed by atoms with Gasteiger partial charge in [-0.1, -0.05) is 12.7 Å². The third-order valence-electron chi connectivity index (χ3n) is 6.51. The Balaban J connectivity index is 2.07. The highest BCUT2D eigenvalue weighted by Crippen LogP contribution is 2.54. The number of aliphatic hydroxyl groups excluding tert-OH is 1. The van der Waals surface area contributed by atoms with Gasteiger partial charge < -0.3 is 24.5 Å². The molecule has 8 unspecified atom stereocenters. The van der Waals surface area contributed by atoms with Crippen LogP contribution in [0.1, 0.15) is 33.6 Å². The first-order valence-electron chi connectivity index (χ1n) is 9.23. The van der Waals surface area contributed by atoms with Crippen molar-refractivity contribution in [2.24, 2.45) is 23.7 Å². The lowest BCUT2D eigenvalue weighted by Crippen LogP contribution is -2.45. The Labute approximate surface area is 158 Å². The van der Waals surface area contributed by atoms with E-state index in [0.717, 1.165) is 0 Å². The fraction of sp³-hybridized carbons (Fsp3) is 0.650. The highest BCUT2D eigenvalue weighted by atomic mass is 16.6. The van der Waals surface area contributed by atoms with Crippen molar-refractivity contribution in [2.45, 2.75) is 57.5 Å². The second-order valence-electron chi connectivity index (χ2n) is 8.05. The summed E-state index contributed by atoms with van der Waals surface area (Å²) in [5, 5.41) is 21.9. The Morgan fingerprint density at radius 2 is 2.11 bits per heavy atom. The van der Waals surface area contributed by atoms with E-state index in [9.17, 15) is 24.6 Å². The molecule has 0 aromatic heterocycles. The second-order valence-corrected chi connectivity index (χ2v) is 8.05. The van der Waals surface area contributed by atoms with Crippen molar-refractivity contribution < 1.29 is 34.1 Å². The zero-order valence-corrected chi connectivity index (χ0v) is 15.8. The molecule has 3 fully saturated rings. The molecule has 0 aromatic carbocycles. The molecule has 8 atom stereocenters. The van der Waals surface area contributed by atoms with E-state index in [-0.39, 0.29) is 11.5 Å². The van der Waals surface area contributed by atoms with Crippen LogP contribution < -0.4 is 0 Å². The summed E-state index contributed by atoms with van der Waals surface area (Å²) in [5.41, 5.74) is -0.748. The lowest BCUT2D eigenvalue weighted by Gasteiger charge is -2.34. The molecule has 27 heavy (non-hydrogen) atoms. The third-order valence-corrected chi connectivity index (χ3v) is 6.51. The number of allylic oxidation sites excluding steroid dienone is 1. The van der Waals surface area contributed by atoms with E-state index in [1.165, 1.54) is 0 Å². The Morgan fingerprint density at radius 1 is 1.44 bits per heavy atom. The molecule has 0 radical (unpaired) electrons. The van der Waals surface area contributed by atoms with Gasteiger partial charge in [0.25, 0.3) is 0 Å². The van der Waals surface area contributed by atoms with E-state index in [2.05, 4.69) is 6.58 Å². The monoisotopic (exact) mass is 378 g/mol. The van der Waals surface area contributed by atoms with E-state index in [1.807, 2.05) is 0 Å². The normalized spacial score (nSPS) is 44.2. The predicted molar refractivity (Wildman–Crippen MR) is 94.2 cm³/mol. The van der Waals surface area contributed by atoms with Gasteiger partial charge in [-0.3, -0.25) is 0 Å². The minimum absolute atomic E-state index is 0.0734. The maximum Gasteiger partial charge on any atom is 0.334 e. The van der Waals surface area contributed by atoms with Crippen molar-refractivity contribution in [3.8, 4) is 0 Å². The van der Waals surface area contributed by atoms with Crippen molar-refractivity contribution in [2.75, 3.05) is 0 Å². The van der Waals surface area contributed by atoms with Crippen molar-refractivity contribution in [1.29, 1.82) is 0 Å². The summed E-state index contributed by atoms with van der Waals surface area (Å²) in [5.74, 6) is -3.87. The molecular weight excluding hydrogens is 352 g/mol. The van der Waals surface area contributed by atoms with Crippen LogP contribution in [0.3, 0.4) is 0 Å². The van der Waals surface area contributed by atoms with E-state index >= 15 is 0 Å². The van der Waals surface area contributed by atoms with Crippen LogP contribution in [0.2, 0.25) is 0 Å². The van der Waals surface area contributed by atoms with Gasteiger partial charge >= 0.3 is 11.9 Å². The number of rotatable bonds is 3. The maximum atomic E-state index is 12.3. The molecule has 0 spiro atoms. The number of fused-ring (bicyclic) bond motifs is 3. The van der Waals surface area contributed by atoms with Crippen LogP contribution in [0.25, 0.3) is 0 Å². The van der Waals surface area contributed by atoms with Crippen LogP contribution in [-0.4, -0.2) is 52.4 Å². The molecule has 148 valence electrons. The summed E-state index contributed by atoms with van der Waals surface area (Å²) in [6.45, 7) is 8.64. The van der Waals surface area contributed by atoms with Gasteiger partial charge in [-0.05, 0) is 39.5 Å². The SMILES string of the molecule is C=C1C(=O)OC2C1C(O)C(OC(=O)C(C)=CC)C(C=O)C1CCC(C)(O)C12. The molecule has 1 saturated heterocycles. The Morgan fingerprint density at radius 3 is 2.70 bits per heavy atom. The van der Waals surface area contributed by atoms with Gasteiger partial charge in [-0.15, -0.1) is 0 Å². The molecule has 0 amide bonds. The van der Waals surface area contributed by atoms with Crippen molar-refractivity contribution in [3.63, 3.8) is 0 Å². The van der Waals surface area contributed by atoms with Crippen LogP contribution >= 0.6 is 0 Å². The lowest BCUT2D eigenvalue weighted by atomic mass is 9.76. The number of carbonyl (C=O) groups is 3. The van der Waals surface area contributed by atoms with Gasteiger partial charge in [-0.25, -0.2) is 9.59 Å². The first-order chi connectivity index (χ1) is 12.6. The molecule has 1 heterocycles. The van der Waals surface area contributed by atoms with E-state index < -0.39 is 53.6 Å². The number of aldehydes is 1. The fourth-order valence-electron chi connectivity index (χ4n) is 4.94. The molecule has 0 bridgehead atoms. The summed E-state index contributed by atoms with van der Waals surface area (Å²) in [7, 11) is 0. The zero-order valence-electron chi connectivity index (χ0n) is 15.8. The fourth-order valence-corrected chi connectivity index (χ4v) is 4.94. The molecule has 2 saturated carbocycles. The topological polar surface area (TPSA) is 110 Å². The van der Waals surface area contributed by atoms with Gasteiger partial charge in [0.2, 0.25) is 0 Å². The van der Waals surface area contributed by atoms with E-state index in [1.54, 1.807) is 26.8 Å². The van der Waals surface area contributed by atoms with Crippen LogP contribution in [0.15, 0.2) is 23.8 Å². The summed E-state index contributed by atoms with van der Waals surface area (Å²) in [6, 6.07) is 0. The number of ether oxygens (including phenoxy) is 2. The van der Waals surface area contributed by atoms with Crippen molar-refractivity contribution in [3.05, 3.63) is 23.8 Å². The highest BCUT2D eigenvalue weighted by Gasteiger charge is 2.63. The van der Waals surface area contributed by atoms with Gasteiger partial charge in [0, 0.05) is 17.1 Å². The number of esters is 2. The molecule has 7 heteroatoms. The molecule has 3 rings (SSSR count). The summed E-state index contributed by atoms with van der Waals surface area (Å²) < 4.78 is 11.0. The number of hydrogen-bond acceptors (Lipinski definition) is 7. The van der Waals surface area contributed by atoms with Gasteiger partial charge in [0.1, 0.15) is 24.6 Å². The zero-order chi connectivity index (χ0) is 20.1. The third kappa shape index (κ3) is 3.02. The summed E-state index contributed by atoms with van der Waals surface area (Å²) >= 11 is 0. The van der Waals surface area contributed by atoms with E-state index in [4.69, 9.17) is 9.47 Å². The van der Waals surface area contributed by atoms with Gasteiger partial charge in [0.05, 0.1) is 17.4 Å². The largest absolute Gasteiger partial charge is 0.458 e. The van der Waals surface area contributed by atoms with Gasteiger partial charge in [0.15, 0.2) is 0 Å². The molecule has 0 aromatic rings. The van der Waals surface area contributed by atoms with Crippen LogP contribution in [-0.2, 0) is 23.9 Å². The second kappa shape index (κ2) is 6.87. The molecule has 1 aliphatic heterocycles. The predicted octanol–water partition coefficient (Wildman–Crippen LogP) is 0.929. The first kappa shape index (κ1) is 19.8. The highest BCUT2D eigenvalue weighted by molar-refractivity contribution is 5.91. The average molecular weight is 378 g/mol. The number of hydrogen-bond donors (Lipinski definition) is 2. The number of carbonyl (C=O) groups excluding carboxylic acids is 3. The molecule has 2 N–H and O–H groups in total. The van der Waals surface area contributed by atoms with Gasteiger partial charge in [-0.2, -0.15) is 0 Å². The maximum absolute atomic E-state index is 12.3. The molecule has 7 nitrogen and oxygen atoms in total. The quantitative estimate of drug-likeness (QED) is 0.427. The average Bonchev–Trinajstić information content (AvgIpc) is 3.05. The molecule has 3 aliphatic rings. The minimum Gasteiger partial charge on any atom is -0.458 e. The van der Waals surface area contributed by atoms with Crippen LogP contribution in [0.4, 0.5) is 0 Å². The molecular formula is C20H26O7. The minimum atomic E-state index is -1.33. The van der Waals surface area contributed by atoms with Crippen molar-refractivity contribution >= 4 is 18.2 Å². The Kier molecular flexibility index (Phi) is 5.03. The Bertz CT molecular complexity index is 707. The van der Waals surface area contributed by atoms with E-state index in [0.29, 0.717) is 24.7 Å². The first-order valence-corrected chi connectivity index (χ1v) is 9.23. The lowest BCUT2D eigenvalue weighted by molar-refractivity contribution is -0.158. The summed E-state index contributed by atoms with van der Waals surface area (Å²) in [6.07, 6.45) is -0.115. The van der Waals surface area contributed by atoms with Crippen LogP contribution in [0.5, 0.6) is 0 Å². The molecule has 2 aliphatic carbocycles. The van der Waals surface area contributed by atoms with Crippen molar-refractivity contribution in [1.82, 2.24) is 0 Å². The number of aliphatic hydroxyl groups is 2. The standard InChI is InChI=1S/C20H26O7/c1-5-9(2)18(23)26-16-12(8-21)11-6-7-20(4,25)14(11)17-13(15(16)22)10(3)19(24)27-17/h5,8,11-17,22,25H,3,6-7H2,1-2,4H3.